The van der Waals surface area contributed by atoms with Crippen LogP contribution < -0.4 is 0 Å². The van der Waals surface area contributed by atoms with Crippen molar-refractivity contribution in [2.24, 2.45) is 0 Å². The van der Waals surface area contributed by atoms with Gasteiger partial charge in [0, 0.05) is 32.7 Å². The Morgan fingerprint density at radius 2 is 2.00 bits per heavy atom. The molecule has 29 valence electrons. The van der Waals surface area contributed by atoms with Crippen LogP contribution in [-0.2, 0) is 32.7 Å². The van der Waals surface area contributed by atoms with Gasteiger partial charge in [0.1, 0.15) is 0 Å². The standard InChI is InChI=1S/C2H6NO.Y/c1-3-2-4;/h4H,2H2,1H3;/q-1;. The van der Waals surface area contributed by atoms with Crippen LogP contribution in [-0.4, -0.2) is 18.9 Å². The fourth-order valence-electron chi connectivity index (χ4n) is 0. The molecule has 2 nitrogen and oxygen atoms in total. The van der Waals surface area contributed by atoms with Gasteiger partial charge in [-0.3, -0.25) is 0 Å². The normalized spacial score (nSPS) is 6.00. The number of rotatable bonds is 1. The molecule has 0 atom stereocenters. The van der Waals surface area contributed by atoms with E-state index in [0.29, 0.717) is 0 Å². The minimum atomic E-state index is -0.0556. The van der Waals surface area contributed by atoms with Gasteiger partial charge in [0.2, 0.25) is 0 Å². The maximum Gasteiger partial charge on any atom is 0 e. The molecule has 1 N–H and O–H groups in total. The second kappa shape index (κ2) is 8.90. The molecule has 0 saturated carbocycles. The Kier molecular flexibility index (Phi) is 16.7. The van der Waals surface area contributed by atoms with Crippen LogP contribution in [0.5, 0.6) is 0 Å². The zero-order chi connectivity index (χ0) is 3.41. The average molecular weight is 149 g/mol. The largest absolute Gasteiger partial charge is 0.642 e. The van der Waals surface area contributed by atoms with E-state index in [2.05, 4.69) is 5.32 Å². The Morgan fingerprint density at radius 3 is 2.00 bits per heavy atom. The van der Waals surface area contributed by atoms with E-state index < -0.39 is 0 Å². The van der Waals surface area contributed by atoms with Crippen molar-refractivity contribution in [3.63, 3.8) is 0 Å². The van der Waals surface area contributed by atoms with Crippen LogP contribution in [0.15, 0.2) is 0 Å². The summed E-state index contributed by atoms with van der Waals surface area (Å²) in [5.41, 5.74) is 0. The zero-order valence-electron chi connectivity index (χ0n) is 3.18. The minimum Gasteiger partial charge on any atom is -0.642 e. The topological polar surface area (TPSA) is 34.3 Å². The Hall–Kier alpha value is 1.02. The van der Waals surface area contributed by atoms with Gasteiger partial charge in [-0.1, -0.05) is 0 Å². The van der Waals surface area contributed by atoms with Gasteiger partial charge < -0.3 is 10.4 Å². The maximum absolute atomic E-state index is 7.71. The Balaban J connectivity index is 0. The molecule has 0 unspecified atom stereocenters. The number of nitrogens with zero attached hydrogens (tertiary/aromatic N) is 1. The third-order valence-corrected chi connectivity index (χ3v) is 0.141. The molecule has 3 heteroatoms. The van der Waals surface area contributed by atoms with Crippen LogP contribution in [0.3, 0.4) is 0 Å². The van der Waals surface area contributed by atoms with Gasteiger partial charge in [-0.05, 0) is 6.73 Å². The first-order valence-corrected chi connectivity index (χ1v) is 1.08. The van der Waals surface area contributed by atoms with E-state index in [1.165, 1.54) is 0 Å². The Bertz CT molecular complexity index is 11.6. The van der Waals surface area contributed by atoms with Crippen LogP contribution in [0.25, 0.3) is 5.32 Å². The van der Waals surface area contributed by atoms with Gasteiger partial charge >= 0.3 is 0 Å². The van der Waals surface area contributed by atoms with Crippen LogP contribution in [0, 0.1) is 0 Å². The molecule has 0 bridgehead atoms. The number of aliphatic hydroxyl groups is 1. The van der Waals surface area contributed by atoms with Gasteiger partial charge in [0.25, 0.3) is 0 Å². The van der Waals surface area contributed by atoms with Gasteiger partial charge in [0.15, 0.2) is 0 Å². The predicted molar refractivity (Wildman–Crippen MR) is 16.4 cm³/mol. The van der Waals surface area contributed by atoms with E-state index in [1.54, 1.807) is 7.05 Å². The number of aliphatic hydroxyl groups excluding tert-OH is 1. The van der Waals surface area contributed by atoms with E-state index in [-0.39, 0.29) is 39.4 Å². The third-order valence-electron chi connectivity index (χ3n) is 0.141. The Morgan fingerprint density at radius 1 is 1.80 bits per heavy atom. The fourth-order valence-corrected chi connectivity index (χ4v) is 0. The molecule has 0 aromatic rings. The van der Waals surface area contributed by atoms with Crippen molar-refractivity contribution in [1.82, 2.24) is 0 Å². The SMILES string of the molecule is C[N-]CO.[Y]. The summed E-state index contributed by atoms with van der Waals surface area (Å²) in [5.74, 6) is 0. The van der Waals surface area contributed by atoms with Gasteiger partial charge in [-0.2, -0.15) is 7.05 Å². The molecule has 0 fully saturated rings. The van der Waals surface area contributed by atoms with Crippen LogP contribution in [0.4, 0.5) is 0 Å². The first-order chi connectivity index (χ1) is 1.91. The molecular weight excluding hydrogens is 143 g/mol. The second-order valence-corrected chi connectivity index (χ2v) is 0.458. The van der Waals surface area contributed by atoms with E-state index >= 15 is 0 Å². The van der Waals surface area contributed by atoms with Gasteiger partial charge in [0.05, 0.1) is 0 Å². The van der Waals surface area contributed by atoms with Gasteiger partial charge in [-0.25, -0.2) is 0 Å². The average Bonchev–Trinajstić information content (AvgIpc) is 1.37. The second-order valence-electron chi connectivity index (χ2n) is 0.458. The summed E-state index contributed by atoms with van der Waals surface area (Å²) in [6.45, 7) is -0.0556. The molecule has 0 saturated heterocycles. The fraction of sp³-hybridized carbons (Fsp3) is 1.00. The summed E-state index contributed by atoms with van der Waals surface area (Å²) in [6, 6.07) is 0. The number of hydrogen-bond acceptors (Lipinski definition) is 1. The molecule has 0 aliphatic rings. The van der Waals surface area contributed by atoms with Crippen molar-refractivity contribution >= 4 is 0 Å². The van der Waals surface area contributed by atoms with Crippen LogP contribution in [0.2, 0.25) is 0 Å². The van der Waals surface area contributed by atoms with E-state index in [0.717, 1.165) is 0 Å². The van der Waals surface area contributed by atoms with E-state index in [9.17, 15) is 0 Å². The van der Waals surface area contributed by atoms with Crippen molar-refractivity contribution in [3.05, 3.63) is 5.32 Å². The smallest absolute Gasteiger partial charge is 0 e. The van der Waals surface area contributed by atoms with Crippen LogP contribution >= 0.6 is 0 Å². The molecule has 0 aromatic heterocycles. The van der Waals surface area contributed by atoms with Crippen molar-refractivity contribution in [3.8, 4) is 0 Å². The maximum atomic E-state index is 7.71. The molecule has 0 aliphatic carbocycles. The molecule has 0 aliphatic heterocycles. The van der Waals surface area contributed by atoms with E-state index in [4.69, 9.17) is 5.11 Å². The third kappa shape index (κ3) is 11.2. The number of hydrogen-bond donors (Lipinski definition) is 1. The minimum absolute atomic E-state index is 0. The molecule has 0 spiro atoms. The molecule has 0 heterocycles. The summed E-state index contributed by atoms with van der Waals surface area (Å²) in [7, 11) is 1.56. The summed E-state index contributed by atoms with van der Waals surface area (Å²) >= 11 is 0. The monoisotopic (exact) mass is 149 g/mol. The molecule has 0 rings (SSSR count). The van der Waals surface area contributed by atoms with Gasteiger partial charge in [-0.15, -0.1) is 0 Å². The zero-order valence-corrected chi connectivity index (χ0v) is 6.02. The summed E-state index contributed by atoms with van der Waals surface area (Å²) < 4.78 is 0. The summed E-state index contributed by atoms with van der Waals surface area (Å²) in [5, 5.41) is 11.0. The van der Waals surface area contributed by atoms with Crippen molar-refractivity contribution in [1.29, 1.82) is 0 Å². The molecule has 5 heavy (non-hydrogen) atoms. The van der Waals surface area contributed by atoms with E-state index in [1.807, 2.05) is 0 Å². The summed E-state index contributed by atoms with van der Waals surface area (Å²) in [6.07, 6.45) is 0. The van der Waals surface area contributed by atoms with Crippen molar-refractivity contribution < 1.29 is 37.8 Å². The quantitative estimate of drug-likeness (QED) is 0.556. The summed E-state index contributed by atoms with van der Waals surface area (Å²) in [4.78, 5) is 0. The first kappa shape index (κ1) is 9.39. The predicted octanol–water partition coefficient (Wildman–Crippen LogP) is -0.0628. The van der Waals surface area contributed by atoms with Crippen molar-refractivity contribution in [2.75, 3.05) is 13.8 Å². The molecule has 0 amide bonds. The van der Waals surface area contributed by atoms with Crippen LogP contribution in [0.1, 0.15) is 0 Å². The molecule has 1 radical (unpaired) electrons. The first-order valence-electron chi connectivity index (χ1n) is 1.08. The molecular formula is C2H6NOY-. The molecule has 0 aromatic carbocycles. The Labute approximate surface area is 56.8 Å². The van der Waals surface area contributed by atoms with Crippen molar-refractivity contribution in [2.45, 2.75) is 0 Å².